The summed E-state index contributed by atoms with van der Waals surface area (Å²) in [5.41, 5.74) is 1.71. The molecule has 0 fully saturated rings. The summed E-state index contributed by atoms with van der Waals surface area (Å²) in [5, 5.41) is 5.58. The third-order valence-electron chi connectivity index (χ3n) is 3.91. The number of nitrogens with one attached hydrogen (secondary N) is 2. The third kappa shape index (κ3) is 6.21. The quantitative estimate of drug-likeness (QED) is 0.650. The highest BCUT2D eigenvalue weighted by Crippen LogP contribution is 2.21. The highest BCUT2D eigenvalue weighted by atomic mass is 79.9. The number of anilines is 1. The zero-order valence-electron chi connectivity index (χ0n) is 15.1. The standard InChI is InChI=1S/C20H21BrN2O4/c1-3-18(24)22-16-6-4-5-14(11-16)20(26)23-17(12-19(25)27-2)13-7-9-15(21)10-8-13/h4-11,17H,3,12H2,1-2H3,(H,22,24)(H,23,26). The van der Waals surface area contributed by atoms with Gasteiger partial charge in [-0.25, -0.2) is 0 Å². The van der Waals surface area contributed by atoms with Crippen molar-refractivity contribution in [2.45, 2.75) is 25.8 Å². The summed E-state index contributed by atoms with van der Waals surface area (Å²) in [6.07, 6.45) is 0.358. The smallest absolute Gasteiger partial charge is 0.307 e. The van der Waals surface area contributed by atoms with Crippen LogP contribution in [0.15, 0.2) is 53.0 Å². The van der Waals surface area contributed by atoms with Crippen molar-refractivity contribution in [1.29, 1.82) is 0 Å². The zero-order chi connectivity index (χ0) is 19.8. The molecule has 0 bridgehead atoms. The first-order valence-corrected chi connectivity index (χ1v) is 9.25. The van der Waals surface area contributed by atoms with Gasteiger partial charge >= 0.3 is 5.97 Å². The van der Waals surface area contributed by atoms with Gasteiger partial charge in [0.15, 0.2) is 0 Å². The summed E-state index contributed by atoms with van der Waals surface area (Å²) in [6, 6.07) is 13.4. The Balaban J connectivity index is 2.19. The third-order valence-corrected chi connectivity index (χ3v) is 4.43. The Bertz CT molecular complexity index is 821. The van der Waals surface area contributed by atoms with E-state index in [1.807, 2.05) is 24.3 Å². The van der Waals surface area contributed by atoms with Crippen molar-refractivity contribution in [3.63, 3.8) is 0 Å². The van der Waals surface area contributed by atoms with Crippen LogP contribution in [0.5, 0.6) is 0 Å². The molecule has 0 heterocycles. The number of methoxy groups -OCH3 is 1. The van der Waals surface area contributed by atoms with Crippen molar-refractivity contribution in [1.82, 2.24) is 5.32 Å². The fraction of sp³-hybridized carbons (Fsp3) is 0.250. The molecule has 2 aromatic rings. The Morgan fingerprint density at radius 1 is 1.11 bits per heavy atom. The van der Waals surface area contributed by atoms with E-state index in [0.717, 1.165) is 10.0 Å². The second-order valence-corrected chi connectivity index (χ2v) is 6.76. The van der Waals surface area contributed by atoms with Crippen LogP contribution in [0.25, 0.3) is 0 Å². The predicted octanol–water partition coefficient (Wildman–Crippen LogP) is 3.83. The summed E-state index contributed by atoms with van der Waals surface area (Å²) < 4.78 is 5.64. The molecular weight excluding hydrogens is 412 g/mol. The van der Waals surface area contributed by atoms with Crippen molar-refractivity contribution >= 4 is 39.4 Å². The Morgan fingerprint density at radius 3 is 2.44 bits per heavy atom. The summed E-state index contributed by atoms with van der Waals surface area (Å²) in [6.45, 7) is 1.75. The van der Waals surface area contributed by atoms with Gasteiger partial charge < -0.3 is 15.4 Å². The maximum atomic E-state index is 12.7. The molecule has 2 aromatic carbocycles. The largest absolute Gasteiger partial charge is 0.469 e. The van der Waals surface area contributed by atoms with E-state index in [4.69, 9.17) is 4.74 Å². The number of amides is 2. The highest BCUT2D eigenvalue weighted by molar-refractivity contribution is 9.10. The molecule has 1 atom stereocenters. The molecule has 0 radical (unpaired) electrons. The van der Waals surface area contributed by atoms with E-state index in [1.54, 1.807) is 31.2 Å². The SMILES string of the molecule is CCC(=O)Nc1cccc(C(=O)NC(CC(=O)OC)c2ccc(Br)cc2)c1. The van der Waals surface area contributed by atoms with Gasteiger partial charge in [-0.1, -0.05) is 41.1 Å². The number of rotatable bonds is 7. The van der Waals surface area contributed by atoms with Gasteiger partial charge in [0.25, 0.3) is 5.91 Å². The number of esters is 1. The molecule has 142 valence electrons. The molecule has 2 N–H and O–H groups in total. The Morgan fingerprint density at radius 2 is 1.81 bits per heavy atom. The Labute approximate surface area is 166 Å². The molecule has 2 amide bonds. The number of ether oxygens (including phenoxy) is 1. The van der Waals surface area contributed by atoms with E-state index in [0.29, 0.717) is 17.7 Å². The van der Waals surface area contributed by atoms with Crippen LogP contribution in [0.1, 0.15) is 41.7 Å². The Hall–Kier alpha value is -2.67. The average molecular weight is 433 g/mol. The number of benzene rings is 2. The molecule has 0 aliphatic carbocycles. The number of halogens is 1. The van der Waals surface area contributed by atoms with Crippen LogP contribution >= 0.6 is 15.9 Å². The van der Waals surface area contributed by atoms with Crippen LogP contribution in [0.2, 0.25) is 0 Å². The second-order valence-electron chi connectivity index (χ2n) is 5.84. The molecule has 0 saturated heterocycles. The van der Waals surface area contributed by atoms with Crippen LogP contribution in [0.3, 0.4) is 0 Å². The minimum absolute atomic E-state index is 0.0101. The van der Waals surface area contributed by atoms with Crippen LogP contribution in [0.4, 0.5) is 5.69 Å². The summed E-state index contributed by atoms with van der Waals surface area (Å²) in [4.78, 5) is 36.0. The van der Waals surface area contributed by atoms with Crippen LogP contribution < -0.4 is 10.6 Å². The van der Waals surface area contributed by atoms with Gasteiger partial charge in [0.1, 0.15) is 0 Å². The molecule has 0 aliphatic heterocycles. The van der Waals surface area contributed by atoms with Crippen molar-refractivity contribution in [2.24, 2.45) is 0 Å². The molecule has 0 saturated carbocycles. The number of hydrogen-bond donors (Lipinski definition) is 2. The van der Waals surface area contributed by atoms with Crippen LogP contribution in [-0.4, -0.2) is 24.9 Å². The number of carbonyl (C=O) groups is 3. The average Bonchev–Trinajstić information content (AvgIpc) is 2.68. The maximum absolute atomic E-state index is 12.7. The lowest BCUT2D eigenvalue weighted by Crippen LogP contribution is -2.30. The van der Waals surface area contributed by atoms with Gasteiger partial charge in [-0.05, 0) is 35.9 Å². The second kappa shape index (κ2) is 9.87. The molecule has 0 aromatic heterocycles. The van der Waals surface area contributed by atoms with E-state index in [2.05, 4.69) is 26.6 Å². The molecule has 6 nitrogen and oxygen atoms in total. The highest BCUT2D eigenvalue weighted by Gasteiger charge is 2.20. The van der Waals surface area contributed by atoms with Gasteiger partial charge in [-0.15, -0.1) is 0 Å². The Kier molecular flexibility index (Phi) is 7.55. The van der Waals surface area contributed by atoms with Gasteiger partial charge in [0.2, 0.25) is 5.91 Å². The minimum atomic E-state index is -0.535. The van der Waals surface area contributed by atoms with E-state index in [9.17, 15) is 14.4 Å². The first-order valence-electron chi connectivity index (χ1n) is 8.46. The fourth-order valence-electron chi connectivity index (χ4n) is 2.43. The van der Waals surface area contributed by atoms with Crippen molar-refractivity contribution < 1.29 is 19.1 Å². The molecule has 27 heavy (non-hydrogen) atoms. The van der Waals surface area contributed by atoms with E-state index < -0.39 is 12.0 Å². The summed E-state index contributed by atoms with van der Waals surface area (Å²) >= 11 is 3.37. The molecule has 1 unspecified atom stereocenters. The first kappa shape index (κ1) is 20.6. The lowest BCUT2D eigenvalue weighted by Gasteiger charge is -2.19. The minimum Gasteiger partial charge on any atom is -0.469 e. The van der Waals surface area contributed by atoms with Crippen molar-refractivity contribution in [3.05, 3.63) is 64.1 Å². The summed E-state index contributed by atoms with van der Waals surface area (Å²) in [7, 11) is 1.31. The molecule has 0 spiro atoms. The number of carbonyl (C=O) groups excluding carboxylic acids is 3. The lowest BCUT2D eigenvalue weighted by atomic mass is 10.0. The molecule has 0 aliphatic rings. The predicted molar refractivity (Wildman–Crippen MR) is 106 cm³/mol. The van der Waals surface area contributed by atoms with Crippen LogP contribution in [0, 0.1) is 0 Å². The van der Waals surface area contributed by atoms with Gasteiger partial charge in [0.05, 0.1) is 19.6 Å². The van der Waals surface area contributed by atoms with E-state index in [1.165, 1.54) is 7.11 Å². The van der Waals surface area contributed by atoms with Gasteiger partial charge in [0, 0.05) is 22.1 Å². The van der Waals surface area contributed by atoms with E-state index in [-0.39, 0.29) is 18.2 Å². The maximum Gasteiger partial charge on any atom is 0.307 e. The van der Waals surface area contributed by atoms with E-state index >= 15 is 0 Å². The van der Waals surface area contributed by atoms with Crippen molar-refractivity contribution in [3.8, 4) is 0 Å². The molecular formula is C20H21BrN2O4. The monoisotopic (exact) mass is 432 g/mol. The molecule has 7 heteroatoms. The van der Waals surface area contributed by atoms with Crippen LogP contribution in [-0.2, 0) is 14.3 Å². The zero-order valence-corrected chi connectivity index (χ0v) is 16.7. The normalized spacial score (nSPS) is 11.4. The van der Waals surface area contributed by atoms with Gasteiger partial charge in [-0.3, -0.25) is 14.4 Å². The fourth-order valence-corrected chi connectivity index (χ4v) is 2.69. The molecule has 2 rings (SSSR count). The van der Waals surface area contributed by atoms with Crippen molar-refractivity contribution in [2.75, 3.05) is 12.4 Å². The lowest BCUT2D eigenvalue weighted by molar-refractivity contribution is -0.141. The number of hydrogen-bond acceptors (Lipinski definition) is 4. The topological polar surface area (TPSA) is 84.5 Å². The first-order chi connectivity index (χ1) is 12.9. The summed E-state index contributed by atoms with van der Waals surface area (Å²) in [5.74, 6) is -0.905. The van der Waals surface area contributed by atoms with Gasteiger partial charge in [-0.2, -0.15) is 0 Å².